The molecule has 1 amide bonds. The molecule has 1 saturated heterocycles. The van der Waals surface area contributed by atoms with Crippen LogP contribution in [0.4, 0.5) is 0 Å². The molecule has 0 saturated carbocycles. The number of piperazine rings is 1. The normalized spacial score (nSPS) is 17.2. The van der Waals surface area contributed by atoms with Gasteiger partial charge >= 0.3 is 0 Å². The Balaban J connectivity index is 1.47. The van der Waals surface area contributed by atoms with Crippen molar-refractivity contribution >= 4 is 21.8 Å². The number of hydrogen-bond acceptors (Lipinski definition) is 4. The summed E-state index contributed by atoms with van der Waals surface area (Å²) in [5.74, 6) is 0.143. The van der Waals surface area contributed by atoms with Gasteiger partial charge in [-0.2, -0.15) is 10.2 Å². The van der Waals surface area contributed by atoms with Gasteiger partial charge in [0.05, 0.1) is 29.3 Å². The summed E-state index contributed by atoms with van der Waals surface area (Å²) in [4.78, 5) is 17.0. The Morgan fingerprint density at radius 3 is 2.54 bits per heavy atom. The molecular weight excluding hydrogens is 372 g/mol. The average Bonchev–Trinajstić information content (AvgIpc) is 3.15. The number of aryl methyl sites for hydroxylation is 1. The van der Waals surface area contributed by atoms with Crippen molar-refractivity contribution in [1.29, 1.82) is 0 Å². The molecule has 2 aromatic rings. The standard InChI is InChI=1S/C16H23BrN6O/c1-13(9-23-12-15(17)8-19-23)16(24)22-5-3-21(4-6-22)11-14-7-18-20(2)10-14/h7-8,10,12-13H,3-6,9,11H2,1-2H3. The number of hydrogen-bond donors (Lipinski definition) is 0. The van der Waals surface area contributed by atoms with Crippen molar-refractivity contribution in [3.8, 4) is 0 Å². The van der Waals surface area contributed by atoms with Crippen molar-refractivity contribution in [2.45, 2.75) is 20.0 Å². The SMILES string of the molecule is CC(Cn1cc(Br)cn1)C(=O)N1CCN(Cc2cnn(C)c2)CC1. The summed E-state index contributed by atoms with van der Waals surface area (Å²) in [6.45, 7) is 6.85. The fourth-order valence-corrected chi connectivity index (χ4v) is 3.37. The molecule has 8 heteroatoms. The van der Waals surface area contributed by atoms with E-state index in [4.69, 9.17) is 0 Å². The summed E-state index contributed by atoms with van der Waals surface area (Å²) in [6.07, 6.45) is 7.59. The van der Waals surface area contributed by atoms with Crippen LogP contribution in [0.3, 0.4) is 0 Å². The zero-order valence-corrected chi connectivity index (χ0v) is 15.7. The molecule has 3 heterocycles. The van der Waals surface area contributed by atoms with E-state index in [0.29, 0.717) is 6.54 Å². The van der Waals surface area contributed by atoms with Gasteiger partial charge in [0.15, 0.2) is 0 Å². The summed E-state index contributed by atoms with van der Waals surface area (Å²) in [6, 6.07) is 0. The topological polar surface area (TPSA) is 59.2 Å². The molecular formula is C16H23BrN6O. The van der Waals surface area contributed by atoms with Crippen LogP contribution in [0.1, 0.15) is 12.5 Å². The number of rotatable bonds is 5. The number of nitrogens with zero attached hydrogens (tertiary/aromatic N) is 6. The van der Waals surface area contributed by atoms with Gasteiger partial charge in [-0.05, 0) is 15.9 Å². The summed E-state index contributed by atoms with van der Waals surface area (Å²) < 4.78 is 4.57. The number of carbonyl (C=O) groups excluding carboxylic acids is 1. The molecule has 1 atom stereocenters. The molecule has 0 aromatic carbocycles. The van der Waals surface area contributed by atoms with Crippen molar-refractivity contribution in [1.82, 2.24) is 29.4 Å². The van der Waals surface area contributed by atoms with E-state index in [-0.39, 0.29) is 11.8 Å². The molecule has 3 rings (SSSR count). The summed E-state index contributed by atoms with van der Waals surface area (Å²) in [7, 11) is 1.93. The Morgan fingerprint density at radius 1 is 1.21 bits per heavy atom. The Labute approximate surface area is 150 Å². The van der Waals surface area contributed by atoms with Crippen LogP contribution in [0.15, 0.2) is 29.3 Å². The Morgan fingerprint density at radius 2 is 1.96 bits per heavy atom. The van der Waals surface area contributed by atoms with Crippen LogP contribution >= 0.6 is 15.9 Å². The van der Waals surface area contributed by atoms with Gasteiger partial charge in [-0.25, -0.2) is 0 Å². The molecule has 7 nitrogen and oxygen atoms in total. The van der Waals surface area contributed by atoms with Crippen molar-refractivity contribution in [2.75, 3.05) is 26.2 Å². The van der Waals surface area contributed by atoms with Crippen LogP contribution in [-0.2, 0) is 24.9 Å². The van der Waals surface area contributed by atoms with Crippen LogP contribution in [0.25, 0.3) is 0 Å². The van der Waals surface area contributed by atoms with Gasteiger partial charge in [-0.3, -0.25) is 19.1 Å². The maximum atomic E-state index is 12.6. The minimum atomic E-state index is -0.0679. The van der Waals surface area contributed by atoms with Crippen molar-refractivity contribution in [3.05, 3.63) is 34.8 Å². The molecule has 24 heavy (non-hydrogen) atoms. The van der Waals surface area contributed by atoms with Crippen molar-refractivity contribution < 1.29 is 4.79 Å². The van der Waals surface area contributed by atoms with Crippen LogP contribution in [-0.4, -0.2) is 61.4 Å². The molecule has 1 aliphatic rings. The molecule has 0 aliphatic carbocycles. The van der Waals surface area contributed by atoms with Gasteiger partial charge in [0.25, 0.3) is 0 Å². The van der Waals surface area contributed by atoms with Gasteiger partial charge in [-0.15, -0.1) is 0 Å². The Bertz CT molecular complexity index is 688. The fourth-order valence-electron chi connectivity index (χ4n) is 3.05. The third kappa shape index (κ3) is 4.24. The van der Waals surface area contributed by atoms with Gasteiger partial charge in [0, 0.05) is 57.7 Å². The lowest BCUT2D eigenvalue weighted by Crippen LogP contribution is -2.50. The monoisotopic (exact) mass is 394 g/mol. The lowest BCUT2D eigenvalue weighted by Gasteiger charge is -2.35. The predicted octanol–water partition coefficient (Wildman–Crippen LogP) is 1.36. The van der Waals surface area contributed by atoms with E-state index in [1.54, 1.807) is 6.20 Å². The molecule has 1 unspecified atom stereocenters. The molecule has 2 aromatic heterocycles. The largest absolute Gasteiger partial charge is 0.340 e. The van der Waals surface area contributed by atoms with Crippen LogP contribution in [0.5, 0.6) is 0 Å². The zero-order valence-electron chi connectivity index (χ0n) is 14.1. The van der Waals surface area contributed by atoms with Gasteiger partial charge in [-0.1, -0.05) is 6.92 Å². The quantitative estimate of drug-likeness (QED) is 0.767. The highest BCUT2D eigenvalue weighted by atomic mass is 79.9. The third-order valence-electron chi connectivity index (χ3n) is 4.33. The smallest absolute Gasteiger partial charge is 0.227 e. The molecule has 1 fully saturated rings. The van der Waals surface area contributed by atoms with Crippen LogP contribution in [0, 0.1) is 5.92 Å². The first kappa shape index (κ1) is 17.2. The lowest BCUT2D eigenvalue weighted by atomic mass is 10.1. The van der Waals surface area contributed by atoms with E-state index in [1.807, 2.05) is 46.8 Å². The minimum absolute atomic E-state index is 0.0679. The van der Waals surface area contributed by atoms with E-state index < -0.39 is 0 Å². The minimum Gasteiger partial charge on any atom is -0.340 e. The first-order valence-corrected chi connectivity index (χ1v) is 8.97. The summed E-state index contributed by atoms with van der Waals surface area (Å²) >= 11 is 3.38. The molecule has 0 bridgehead atoms. The highest BCUT2D eigenvalue weighted by molar-refractivity contribution is 9.10. The zero-order chi connectivity index (χ0) is 17.1. The maximum Gasteiger partial charge on any atom is 0.227 e. The third-order valence-corrected chi connectivity index (χ3v) is 4.74. The maximum absolute atomic E-state index is 12.6. The van der Waals surface area contributed by atoms with Crippen LogP contribution < -0.4 is 0 Å². The summed E-state index contributed by atoms with van der Waals surface area (Å²) in [5.41, 5.74) is 1.22. The van der Waals surface area contributed by atoms with E-state index in [2.05, 4.69) is 31.0 Å². The molecule has 0 N–H and O–H groups in total. The number of carbonyl (C=O) groups is 1. The van der Waals surface area contributed by atoms with E-state index >= 15 is 0 Å². The second-order valence-corrected chi connectivity index (χ2v) is 7.32. The number of aromatic nitrogens is 4. The van der Waals surface area contributed by atoms with Gasteiger partial charge < -0.3 is 4.90 Å². The highest BCUT2D eigenvalue weighted by Crippen LogP contribution is 2.13. The second kappa shape index (κ2) is 7.48. The number of halogens is 1. The van der Waals surface area contributed by atoms with Gasteiger partial charge in [0.1, 0.15) is 0 Å². The number of amides is 1. The van der Waals surface area contributed by atoms with E-state index in [1.165, 1.54) is 5.56 Å². The average molecular weight is 395 g/mol. The molecule has 0 spiro atoms. The van der Waals surface area contributed by atoms with Crippen molar-refractivity contribution in [2.24, 2.45) is 13.0 Å². The van der Waals surface area contributed by atoms with Crippen molar-refractivity contribution in [3.63, 3.8) is 0 Å². The first-order chi connectivity index (χ1) is 11.5. The molecule has 1 aliphatic heterocycles. The fraction of sp³-hybridized carbons (Fsp3) is 0.562. The summed E-state index contributed by atoms with van der Waals surface area (Å²) in [5, 5.41) is 8.43. The van der Waals surface area contributed by atoms with E-state index in [0.717, 1.165) is 37.2 Å². The van der Waals surface area contributed by atoms with E-state index in [9.17, 15) is 4.79 Å². The first-order valence-electron chi connectivity index (χ1n) is 8.18. The second-order valence-electron chi connectivity index (χ2n) is 6.41. The lowest BCUT2D eigenvalue weighted by molar-refractivity contribution is -0.137. The Hall–Kier alpha value is -1.67. The predicted molar refractivity (Wildman–Crippen MR) is 94.2 cm³/mol. The Kier molecular flexibility index (Phi) is 5.35. The molecule has 0 radical (unpaired) electrons. The van der Waals surface area contributed by atoms with Gasteiger partial charge in [0.2, 0.25) is 5.91 Å². The highest BCUT2D eigenvalue weighted by Gasteiger charge is 2.25. The molecule has 130 valence electrons. The van der Waals surface area contributed by atoms with Crippen LogP contribution in [0.2, 0.25) is 0 Å².